The number of aromatic nitrogens is 4. The minimum Gasteiger partial charge on any atom is -0.468 e. The molecule has 13 heteroatoms. The van der Waals surface area contributed by atoms with Crippen molar-refractivity contribution < 1.29 is 23.1 Å². The van der Waals surface area contributed by atoms with E-state index in [4.69, 9.17) is 19.5 Å². The van der Waals surface area contributed by atoms with Crippen LogP contribution in [-0.4, -0.2) is 38.6 Å². The van der Waals surface area contributed by atoms with Gasteiger partial charge in [-0.1, -0.05) is 42.5 Å². The SMILES string of the molecule is COC(=O)C(C)NP(=O)(OCc1ccc(Cn2cnc3c(=O)[nH]c(N)nc32)cc1)Oc1ccccc1. The minimum absolute atomic E-state index is 0.0130. The molecule has 0 aliphatic heterocycles. The Kier molecular flexibility index (Phi) is 7.49. The third-order valence-electron chi connectivity index (χ3n) is 5.15. The zero-order chi connectivity index (χ0) is 25.7. The summed E-state index contributed by atoms with van der Waals surface area (Å²) in [6.45, 7) is 1.86. The second-order valence-electron chi connectivity index (χ2n) is 7.86. The van der Waals surface area contributed by atoms with Gasteiger partial charge in [-0.05, 0) is 30.2 Å². The number of esters is 1. The molecule has 2 aromatic carbocycles. The van der Waals surface area contributed by atoms with E-state index in [1.54, 1.807) is 47.0 Å². The van der Waals surface area contributed by atoms with Crippen molar-refractivity contribution >= 4 is 30.8 Å². The Morgan fingerprint density at radius 3 is 2.56 bits per heavy atom. The molecule has 36 heavy (non-hydrogen) atoms. The number of aromatic amines is 1. The number of hydrogen-bond acceptors (Lipinski definition) is 9. The smallest absolute Gasteiger partial charge is 0.459 e. The Morgan fingerprint density at radius 1 is 1.17 bits per heavy atom. The molecule has 188 valence electrons. The number of methoxy groups -OCH3 is 1. The minimum atomic E-state index is -3.94. The first-order valence-corrected chi connectivity index (χ1v) is 12.4. The Balaban J connectivity index is 1.46. The topological polar surface area (TPSA) is 163 Å². The van der Waals surface area contributed by atoms with Gasteiger partial charge in [0.25, 0.3) is 5.56 Å². The molecule has 2 heterocycles. The van der Waals surface area contributed by atoms with Crippen LogP contribution in [-0.2, 0) is 31.8 Å². The molecular formula is C23H25N6O6P. The summed E-state index contributed by atoms with van der Waals surface area (Å²) in [6, 6.07) is 14.9. The van der Waals surface area contributed by atoms with Gasteiger partial charge in [0.1, 0.15) is 11.8 Å². The van der Waals surface area contributed by atoms with Crippen LogP contribution in [0.5, 0.6) is 5.75 Å². The summed E-state index contributed by atoms with van der Waals surface area (Å²) in [4.78, 5) is 34.5. The molecule has 0 radical (unpaired) electrons. The number of ether oxygens (including phenoxy) is 1. The van der Waals surface area contributed by atoms with Crippen molar-refractivity contribution in [3.63, 3.8) is 0 Å². The van der Waals surface area contributed by atoms with Gasteiger partial charge in [0.2, 0.25) is 5.95 Å². The maximum atomic E-state index is 13.4. The summed E-state index contributed by atoms with van der Waals surface area (Å²) in [5.74, 6) is -0.273. The van der Waals surface area contributed by atoms with E-state index in [2.05, 4.69) is 20.0 Å². The van der Waals surface area contributed by atoms with E-state index in [-0.39, 0.29) is 18.1 Å². The predicted molar refractivity (Wildman–Crippen MR) is 132 cm³/mol. The summed E-state index contributed by atoms with van der Waals surface area (Å²) in [6.07, 6.45) is 1.52. The van der Waals surface area contributed by atoms with Crippen molar-refractivity contribution in [2.45, 2.75) is 26.1 Å². The standard InChI is InChI=1S/C23H25N6O6P/c1-15(22(31)33-2)28-36(32,35-18-6-4-3-5-7-18)34-13-17-10-8-16(9-11-17)12-29-14-25-19-20(29)26-23(24)27-21(19)30/h3-11,14-15H,12-13H2,1-2H3,(H,28,32)(H3,24,26,27,30). The first-order chi connectivity index (χ1) is 17.3. The lowest BCUT2D eigenvalue weighted by Gasteiger charge is -2.22. The van der Waals surface area contributed by atoms with Gasteiger partial charge in [-0.2, -0.15) is 10.1 Å². The lowest BCUT2D eigenvalue weighted by Crippen LogP contribution is -2.34. The van der Waals surface area contributed by atoms with Crippen molar-refractivity contribution in [1.82, 2.24) is 24.6 Å². The van der Waals surface area contributed by atoms with Crippen LogP contribution < -0.4 is 20.9 Å². The highest BCUT2D eigenvalue weighted by molar-refractivity contribution is 7.52. The van der Waals surface area contributed by atoms with Crippen molar-refractivity contribution in [2.24, 2.45) is 0 Å². The van der Waals surface area contributed by atoms with E-state index >= 15 is 0 Å². The second kappa shape index (κ2) is 10.7. The zero-order valence-corrected chi connectivity index (χ0v) is 20.5. The van der Waals surface area contributed by atoms with Crippen LogP contribution in [0.15, 0.2) is 65.7 Å². The molecule has 4 rings (SSSR count). The molecule has 0 aliphatic carbocycles. The van der Waals surface area contributed by atoms with Crippen LogP contribution in [0.4, 0.5) is 5.95 Å². The van der Waals surface area contributed by atoms with Gasteiger partial charge in [0, 0.05) is 0 Å². The number of nitrogen functional groups attached to an aromatic ring is 1. The van der Waals surface area contributed by atoms with E-state index in [1.807, 2.05) is 12.1 Å². The second-order valence-corrected chi connectivity index (χ2v) is 9.56. The van der Waals surface area contributed by atoms with Crippen LogP contribution in [0.25, 0.3) is 11.2 Å². The monoisotopic (exact) mass is 512 g/mol. The number of anilines is 1. The molecular weight excluding hydrogens is 487 g/mol. The lowest BCUT2D eigenvalue weighted by molar-refractivity contribution is -0.142. The van der Waals surface area contributed by atoms with E-state index in [0.717, 1.165) is 11.1 Å². The Bertz CT molecular complexity index is 1450. The normalized spacial score (nSPS) is 13.7. The third-order valence-corrected chi connectivity index (χ3v) is 6.77. The maximum Gasteiger partial charge on any atom is 0.459 e. The fraction of sp³-hybridized carbons (Fsp3) is 0.217. The summed E-state index contributed by atoms with van der Waals surface area (Å²) >= 11 is 0. The summed E-state index contributed by atoms with van der Waals surface area (Å²) in [5.41, 5.74) is 7.46. The molecule has 2 aromatic heterocycles. The molecule has 2 atom stereocenters. The number of hydrogen-bond donors (Lipinski definition) is 3. The number of para-hydroxylation sites is 1. The number of carbonyl (C=O) groups is 1. The number of benzene rings is 2. The van der Waals surface area contributed by atoms with Gasteiger partial charge in [-0.15, -0.1) is 0 Å². The van der Waals surface area contributed by atoms with E-state index in [1.165, 1.54) is 20.4 Å². The molecule has 4 N–H and O–H groups in total. The maximum absolute atomic E-state index is 13.4. The molecule has 4 aromatic rings. The van der Waals surface area contributed by atoms with Crippen LogP contribution >= 0.6 is 7.75 Å². The quantitative estimate of drug-likeness (QED) is 0.213. The van der Waals surface area contributed by atoms with Crippen molar-refractivity contribution in [3.8, 4) is 5.75 Å². The largest absolute Gasteiger partial charge is 0.468 e. The van der Waals surface area contributed by atoms with Gasteiger partial charge >= 0.3 is 13.7 Å². The predicted octanol–water partition coefficient (Wildman–Crippen LogP) is 2.60. The zero-order valence-electron chi connectivity index (χ0n) is 19.6. The highest BCUT2D eigenvalue weighted by Crippen LogP contribution is 2.45. The van der Waals surface area contributed by atoms with Gasteiger partial charge in [0.05, 0.1) is 26.6 Å². The molecule has 0 spiro atoms. The summed E-state index contributed by atoms with van der Waals surface area (Å²) < 4.78 is 31.1. The van der Waals surface area contributed by atoms with Crippen LogP contribution in [0.2, 0.25) is 0 Å². The van der Waals surface area contributed by atoms with E-state index in [0.29, 0.717) is 17.9 Å². The van der Waals surface area contributed by atoms with Crippen LogP contribution in [0.1, 0.15) is 18.1 Å². The number of imidazole rings is 1. The fourth-order valence-electron chi connectivity index (χ4n) is 3.36. The number of H-pyrrole nitrogens is 1. The Hall–Kier alpha value is -3.99. The number of nitrogens with one attached hydrogen (secondary N) is 2. The number of nitrogens with zero attached hydrogens (tertiary/aromatic N) is 3. The Morgan fingerprint density at radius 2 is 1.86 bits per heavy atom. The average molecular weight is 512 g/mol. The molecule has 0 amide bonds. The molecule has 2 unspecified atom stereocenters. The third kappa shape index (κ3) is 5.98. The highest BCUT2D eigenvalue weighted by atomic mass is 31.2. The van der Waals surface area contributed by atoms with Gasteiger partial charge < -0.3 is 19.6 Å². The van der Waals surface area contributed by atoms with Gasteiger partial charge in [-0.25, -0.2) is 9.55 Å². The van der Waals surface area contributed by atoms with E-state index in [9.17, 15) is 14.2 Å². The van der Waals surface area contributed by atoms with Crippen LogP contribution in [0.3, 0.4) is 0 Å². The molecule has 12 nitrogen and oxygen atoms in total. The summed E-state index contributed by atoms with van der Waals surface area (Å²) in [5, 5.41) is 2.61. The van der Waals surface area contributed by atoms with Crippen molar-refractivity contribution in [2.75, 3.05) is 12.8 Å². The molecule has 0 aliphatic rings. The number of carbonyl (C=O) groups excluding carboxylic acids is 1. The first kappa shape index (κ1) is 25.1. The summed E-state index contributed by atoms with van der Waals surface area (Å²) in [7, 11) is -2.70. The lowest BCUT2D eigenvalue weighted by atomic mass is 10.1. The van der Waals surface area contributed by atoms with Crippen LogP contribution in [0, 0.1) is 0 Å². The van der Waals surface area contributed by atoms with Gasteiger partial charge in [0.15, 0.2) is 11.2 Å². The van der Waals surface area contributed by atoms with Crippen molar-refractivity contribution in [1.29, 1.82) is 0 Å². The highest BCUT2D eigenvalue weighted by Gasteiger charge is 2.32. The first-order valence-electron chi connectivity index (χ1n) is 10.9. The van der Waals surface area contributed by atoms with E-state index < -0.39 is 25.3 Å². The number of rotatable bonds is 10. The molecule has 0 bridgehead atoms. The molecule has 0 saturated carbocycles. The number of fused-ring (bicyclic) bond motifs is 1. The average Bonchev–Trinajstić information content (AvgIpc) is 3.26. The van der Waals surface area contributed by atoms with Gasteiger partial charge in [-0.3, -0.25) is 19.1 Å². The fourth-order valence-corrected chi connectivity index (χ4v) is 4.84. The molecule has 0 fully saturated rings. The van der Waals surface area contributed by atoms with Crippen molar-refractivity contribution in [3.05, 3.63) is 82.4 Å². The molecule has 0 saturated heterocycles. The Labute approximate surface area is 206 Å². The number of nitrogens with two attached hydrogens (primary N) is 1.